The van der Waals surface area contributed by atoms with Gasteiger partial charge in [0.05, 0.1) is 6.61 Å². The van der Waals surface area contributed by atoms with Crippen molar-refractivity contribution in [2.24, 2.45) is 5.73 Å². The van der Waals surface area contributed by atoms with Gasteiger partial charge in [-0.2, -0.15) is 0 Å². The fourth-order valence-corrected chi connectivity index (χ4v) is 2.26. The van der Waals surface area contributed by atoms with E-state index in [2.05, 4.69) is 18.9 Å². The molecule has 1 fully saturated rings. The summed E-state index contributed by atoms with van der Waals surface area (Å²) in [7, 11) is 3.88. The molecule has 0 heterocycles. The molecule has 0 amide bonds. The molecule has 14 heavy (non-hydrogen) atoms. The molecule has 1 saturated carbocycles. The topological polar surface area (TPSA) is 38.5 Å². The van der Waals surface area contributed by atoms with E-state index in [-0.39, 0.29) is 5.54 Å². The van der Waals surface area contributed by atoms with Gasteiger partial charge in [0.2, 0.25) is 0 Å². The zero-order valence-electron chi connectivity index (χ0n) is 9.75. The predicted octanol–water partition coefficient (Wildman–Crippen LogP) is 1.22. The minimum absolute atomic E-state index is 0.0662. The normalized spacial score (nSPS) is 22.9. The summed E-state index contributed by atoms with van der Waals surface area (Å²) < 4.78 is 5.14. The maximum Gasteiger partial charge on any atom is 0.0615 e. The SMILES string of the molecule is COCC(C)N(C)CC1(N)CCCC1. The summed E-state index contributed by atoms with van der Waals surface area (Å²) in [5.74, 6) is 0. The lowest BCUT2D eigenvalue weighted by molar-refractivity contribution is 0.101. The molecule has 3 heteroatoms. The Labute approximate surface area is 87.6 Å². The van der Waals surface area contributed by atoms with Crippen molar-refractivity contribution in [3.05, 3.63) is 0 Å². The highest BCUT2D eigenvalue weighted by atomic mass is 16.5. The van der Waals surface area contributed by atoms with Crippen molar-refractivity contribution in [3.63, 3.8) is 0 Å². The molecule has 0 spiro atoms. The van der Waals surface area contributed by atoms with Crippen LogP contribution in [0.3, 0.4) is 0 Å². The van der Waals surface area contributed by atoms with Crippen LogP contribution < -0.4 is 5.73 Å². The Kier molecular flexibility index (Phi) is 4.35. The highest BCUT2D eigenvalue weighted by molar-refractivity contribution is 4.92. The van der Waals surface area contributed by atoms with Crippen LogP contribution in [-0.2, 0) is 4.74 Å². The monoisotopic (exact) mass is 200 g/mol. The highest BCUT2D eigenvalue weighted by Crippen LogP contribution is 2.27. The Bertz CT molecular complexity index is 167. The van der Waals surface area contributed by atoms with Crippen LogP contribution in [-0.4, -0.2) is 43.8 Å². The van der Waals surface area contributed by atoms with Crippen LogP contribution in [0.2, 0.25) is 0 Å². The number of ether oxygens (including phenoxy) is 1. The lowest BCUT2D eigenvalue weighted by atomic mass is 9.98. The molecule has 0 aromatic rings. The van der Waals surface area contributed by atoms with Crippen LogP contribution in [0.25, 0.3) is 0 Å². The summed E-state index contributed by atoms with van der Waals surface area (Å²) >= 11 is 0. The Morgan fingerprint density at radius 2 is 2.00 bits per heavy atom. The lowest BCUT2D eigenvalue weighted by Gasteiger charge is -2.33. The number of nitrogens with two attached hydrogens (primary N) is 1. The Morgan fingerprint density at radius 1 is 1.43 bits per heavy atom. The van der Waals surface area contributed by atoms with Gasteiger partial charge in [-0.25, -0.2) is 0 Å². The molecule has 0 aliphatic heterocycles. The average molecular weight is 200 g/mol. The first-order chi connectivity index (χ1) is 6.57. The number of hydrogen-bond donors (Lipinski definition) is 1. The van der Waals surface area contributed by atoms with E-state index in [1.165, 1.54) is 25.7 Å². The Balaban J connectivity index is 2.34. The van der Waals surface area contributed by atoms with Gasteiger partial charge < -0.3 is 10.5 Å². The lowest BCUT2D eigenvalue weighted by Crippen LogP contribution is -2.50. The van der Waals surface area contributed by atoms with E-state index in [1.807, 2.05) is 0 Å². The molecule has 1 rings (SSSR count). The van der Waals surface area contributed by atoms with E-state index in [4.69, 9.17) is 10.5 Å². The third-order valence-electron chi connectivity index (χ3n) is 3.32. The van der Waals surface area contributed by atoms with E-state index < -0.39 is 0 Å². The van der Waals surface area contributed by atoms with Crippen molar-refractivity contribution in [3.8, 4) is 0 Å². The standard InChI is InChI=1S/C11H24N2O/c1-10(8-14-3)13(2)9-11(12)6-4-5-7-11/h10H,4-9,12H2,1-3H3. The number of nitrogens with zero attached hydrogens (tertiary/aromatic N) is 1. The molecule has 3 nitrogen and oxygen atoms in total. The van der Waals surface area contributed by atoms with Crippen LogP contribution in [0.15, 0.2) is 0 Å². The second-order valence-corrected chi connectivity index (χ2v) is 4.79. The molecule has 2 N–H and O–H groups in total. The summed E-state index contributed by atoms with van der Waals surface area (Å²) in [6.07, 6.45) is 4.94. The second kappa shape index (κ2) is 5.10. The summed E-state index contributed by atoms with van der Waals surface area (Å²) in [5.41, 5.74) is 6.38. The molecule has 1 unspecified atom stereocenters. The summed E-state index contributed by atoms with van der Waals surface area (Å²) in [6, 6.07) is 0.459. The predicted molar refractivity (Wildman–Crippen MR) is 59.4 cm³/mol. The fourth-order valence-electron chi connectivity index (χ4n) is 2.26. The fraction of sp³-hybridized carbons (Fsp3) is 1.00. The zero-order chi connectivity index (χ0) is 10.6. The molecule has 1 atom stereocenters. The maximum atomic E-state index is 6.31. The van der Waals surface area contributed by atoms with Crippen molar-refractivity contribution in [1.82, 2.24) is 4.90 Å². The first-order valence-corrected chi connectivity index (χ1v) is 5.55. The number of rotatable bonds is 5. The van der Waals surface area contributed by atoms with Gasteiger partial charge in [0.25, 0.3) is 0 Å². The van der Waals surface area contributed by atoms with Gasteiger partial charge in [-0.05, 0) is 26.8 Å². The first kappa shape index (κ1) is 12.0. The second-order valence-electron chi connectivity index (χ2n) is 4.79. The van der Waals surface area contributed by atoms with E-state index in [0.717, 1.165) is 13.2 Å². The average Bonchev–Trinajstić information content (AvgIpc) is 2.52. The van der Waals surface area contributed by atoms with Gasteiger partial charge >= 0.3 is 0 Å². The number of hydrogen-bond acceptors (Lipinski definition) is 3. The van der Waals surface area contributed by atoms with E-state index in [1.54, 1.807) is 7.11 Å². The van der Waals surface area contributed by atoms with Gasteiger partial charge in [-0.1, -0.05) is 12.8 Å². The van der Waals surface area contributed by atoms with Crippen molar-refractivity contribution in [2.45, 2.75) is 44.2 Å². The minimum atomic E-state index is 0.0662. The summed E-state index contributed by atoms with van der Waals surface area (Å²) in [6.45, 7) is 3.96. The van der Waals surface area contributed by atoms with Crippen molar-refractivity contribution >= 4 is 0 Å². The van der Waals surface area contributed by atoms with Crippen LogP contribution in [0.4, 0.5) is 0 Å². The van der Waals surface area contributed by atoms with E-state index in [0.29, 0.717) is 6.04 Å². The maximum absolute atomic E-state index is 6.31. The Morgan fingerprint density at radius 3 is 2.50 bits per heavy atom. The van der Waals surface area contributed by atoms with Crippen molar-refractivity contribution < 1.29 is 4.74 Å². The molecular formula is C11H24N2O. The van der Waals surface area contributed by atoms with Crippen LogP contribution in [0, 0.1) is 0 Å². The third kappa shape index (κ3) is 3.23. The summed E-state index contributed by atoms with van der Waals surface area (Å²) in [5, 5.41) is 0. The number of likely N-dealkylation sites (N-methyl/N-ethyl adjacent to an activating group) is 1. The molecule has 0 bridgehead atoms. The molecule has 0 aromatic carbocycles. The largest absolute Gasteiger partial charge is 0.383 e. The molecule has 0 aromatic heterocycles. The molecule has 1 aliphatic carbocycles. The molecule has 0 saturated heterocycles. The van der Waals surface area contributed by atoms with E-state index >= 15 is 0 Å². The van der Waals surface area contributed by atoms with Gasteiger partial charge in [0.15, 0.2) is 0 Å². The third-order valence-corrected chi connectivity index (χ3v) is 3.32. The zero-order valence-corrected chi connectivity index (χ0v) is 9.75. The van der Waals surface area contributed by atoms with Gasteiger partial charge in [-0.15, -0.1) is 0 Å². The van der Waals surface area contributed by atoms with Gasteiger partial charge in [0.1, 0.15) is 0 Å². The van der Waals surface area contributed by atoms with E-state index in [9.17, 15) is 0 Å². The van der Waals surface area contributed by atoms with Crippen LogP contribution in [0.5, 0.6) is 0 Å². The van der Waals surface area contributed by atoms with Crippen LogP contribution in [0.1, 0.15) is 32.6 Å². The molecule has 1 aliphatic rings. The molecular weight excluding hydrogens is 176 g/mol. The van der Waals surface area contributed by atoms with Crippen molar-refractivity contribution in [1.29, 1.82) is 0 Å². The van der Waals surface area contributed by atoms with Crippen LogP contribution >= 0.6 is 0 Å². The number of methoxy groups -OCH3 is 1. The molecule has 0 radical (unpaired) electrons. The first-order valence-electron chi connectivity index (χ1n) is 5.55. The quantitative estimate of drug-likeness (QED) is 0.725. The van der Waals surface area contributed by atoms with Crippen molar-refractivity contribution in [2.75, 3.05) is 27.3 Å². The van der Waals surface area contributed by atoms with Gasteiger partial charge in [0, 0.05) is 25.2 Å². The smallest absolute Gasteiger partial charge is 0.0615 e. The minimum Gasteiger partial charge on any atom is -0.383 e. The summed E-state index contributed by atoms with van der Waals surface area (Å²) in [4.78, 5) is 2.31. The van der Waals surface area contributed by atoms with Gasteiger partial charge in [-0.3, -0.25) is 4.90 Å². The Hall–Kier alpha value is -0.120. The molecule has 84 valence electrons. The highest BCUT2D eigenvalue weighted by Gasteiger charge is 2.31.